The van der Waals surface area contributed by atoms with Crippen LogP contribution in [0, 0.1) is 27.7 Å². The third-order valence-electron chi connectivity index (χ3n) is 28.3. The number of fused-ring (bicyclic) bond motifs is 4. The fourth-order valence-corrected chi connectivity index (χ4v) is 20.7. The summed E-state index contributed by atoms with van der Waals surface area (Å²) in [5.74, 6) is 2.99. The molecule has 4 fully saturated rings. The number of thiocarbonyl (C=S) groups is 4. The van der Waals surface area contributed by atoms with E-state index < -0.39 is 18.1 Å². The van der Waals surface area contributed by atoms with Crippen LogP contribution in [0.3, 0.4) is 0 Å². The second-order valence-corrected chi connectivity index (χ2v) is 42.7. The van der Waals surface area contributed by atoms with Crippen LogP contribution >= 0.6 is 48.9 Å². The van der Waals surface area contributed by atoms with E-state index in [4.69, 9.17) is 77.5 Å². The third-order valence-corrected chi connectivity index (χ3v) is 29.2. The first kappa shape index (κ1) is 94.5. The predicted molar refractivity (Wildman–Crippen MR) is 523 cm³/mol. The molecule has 9 N–H and O–H groups in total. The number of aryl methyl sites for hydroxylation is 4. The Labute approximate surface area is 772 Å². The molecule has 4 unspecified atom stereocenters. The van der Waals surface area contributed by atoms with Gasteiger partial charge >= 0.3 is 0 Å². The monoisotopic (exact) mass is 1790 g/mol. The number of carbonyl (C=O) groups excluding carboxylic acids is 4. The standard InChI is InChI=1S/C27H34N2O3S.C26H32N2O3S.2C25H31N3O2S/c1-15-10-19-20(27(4,5)9-8-26(19,2)3)13-17(15)18-11-16(22(31-6)14-23(18)32-7)12-21-24(30)29-25(33)28-21;1-14-9-18-19(26(4,5)8-7-25(18,2)3)12-16(14)17-10-15(21(29)13-22(17)31-6)11-20-23(30)28-24(32)27-20;1-14-9-18-19(25(4,5)8-7-24(18,2)3)12-16(14)17-10-15(13-26-22(17)30-6)11-20-21(29)28-23(31)27-20;1-14-11-17-18(25(4,5)10-9-24(17,2)3)13-16(14)21-20(30-6)8-7-15(26-21)12-19-22(29)28-23(31)27-19/h10-11,13-14,21H,8-9,12H2,1-7H3,(H2,28,29,30,33);9-10,12-13,20,29H,7-8,11H2,1-6H3,(H2,27,28,30,32);9-10,12-13,20H,7-8,11H2,1-6H3,(H2,27,28,29,31);7-8,11,13,19H,9-10,12H2,1-6H3,(H2,27,28,29,31). The van der Waals surface area contributed by atoms with Crippen molar-refractivity contribution < 1.29 is 48.0 Å². The van der Waals surface area contributed by atoms with E-state index in [0.29, 0.717) is 69.1 Å². The molecule has 4 atom stereocenters. The molecule has 6 aromatic carbocycles. The fourth-order valence-electron chi connectivity index (χ4n) is 19.7. The van der Waals surface area contributed by atoms with Crippen LogP contribution in [-0.2, 0) is 88.2 Å². The first-order valence-electron chi connectivity index (χ1n) is 44.2. The van der Waals surface area contributed by atoms with Gasteiger partial charge in [-0.25, -0.2) is 9.97 Å². The highest BCUT2D eigenvalue weighted by molar-refractivity contribution is 7.81. The van der Waals surface area contributed by atoms with Crippen molar-refractivity contribution in [2.24, 2.45) is 0 Å². The van der Waals surface area contributed by atoms with Crippen molar-refractivity contribution in [2.75, 3.05) is 35.5 Å². The maximum atomic E-state index is 12.3. The molecule has 20 nitrogen and oxygen atoms in total. The van der Waals surface area contributed by atoms with E-state index in [1.165, 1.54) is 86.0 Å². The van der Waals surface area contributed by atoms with Gasteiger partial charge in [0, 0.05) is 72.0 Å². The van der Waals surface area contributed by atoms with Gasteiger partial charge in [0.1, 0.15) is 58.6 Å². The predicted octanol–water partition coefficient (Wildman–Crippen LogP) is 18.2. The van der Waals surface area contributed by atoms with Crippen molar-refractivity contribution in [3.63, 3.8) is 0 Å². The fraction of sp³-hybridized carbons (Fsp3) is 0.476. The SMILES string of the molecule is COc1cc(O)c(CC2NC(=S)NC2=O)cc1-c1cc2c(cc1C)C(C)(C)CCC2(C)C.COc1cc(OC)c(-c2cc3c(cc2C)C(C)(C)CCC3(C)C)cc1CC1NC(=S)NC1=O.COc1ccc(CC2NC(=S)NC2=O)nc1-c1cc2c(cc1C)C(C)(C)CCC2(C)C.COc1ncc(CC2NC(=S)NC2=O)cc1-c1cc2c(cc1C)C(C)(C)CCC2(C)C. The van der Waals surface area contributed by atoms with Gasteiger partial charge in [0.15, 0.2) is 20.4 Å². The molecule has 4 saturated heterocycles. The van der Waals surface area contributed by atoms with Crippen LogP contribution in [0.5, 0.6) is 34.6 Å². The normalized spacial score (nSPS) is 21.0. The first-order valence-corrected chi connectivity index (χ1v) is 45.9. The topological polar surface area (TPSA) is 257 Å². The van der Waals surface area contributed by atoms with E-state index in [0.717, 1.165) is 105 Å². The van der Waals surface area contributed by atoms with Crippen LogP contribution in [0.4, 0.5) is 0 Å². The van der Waals surface area contributed by atoms with Gasteiger partial charge in [-0.15, -0.1) is 0 Å². The molecule has 2 aromatic heterocycles. The van der Waals surface area contributed by atoms with Crippen molar-refractivity contribution in [1.29, 1.82) is 0 Å². The number of phenols is 1. The molecular formula is C103H128N10O10S4. The molecule has 127 heavy (non-hydrogen) atoms. The zero-order chi connectivity index (χ0) is 92.7. The van der Waals surface area contributed by atoms with Crippen molar-refractivity contribution in [2.45, 2.75) is 283 Å². The van der Waals surface area contributed by atoms with Crippen LogP contribution in [0.1, 0.15) is 251 Å². The van der Waals surface area contributed by atoms with Gasteiger partial charge in [-0.3, -0.25) is 19.2 Å². The van der Waals surface area contributed by atoms with Crippen LogP contribution < -0.4 is 66.2 Å². The number of nitrogens with one attached hydrogen (secondary N) is 8. The van der Waals surface area contributed by atoms with Crippen molar-refractivity contribution in [3.8, 4) is 79.3 Å². The summed E-state index contributed by atoms with van der Waals surface area (Å²) in [4.78, 5) is 58.2. The molecule has 0 spiro atoms. The van der Waals surface area contributed by atoms with Gasteiger partial charge in [0.05, 0.1) is 35.5 Å². The second kappa shape index (κ2) is 35.7. The molecule has 16 rings (SSSR count). The van der Waals surface area contributed by atoms with Crippen LogP contribution in [0.15, 0.2) is 97.2 Å². The van der Waals surface area contributed by atoms with Crippen LogP contribution in [0.25, 0.3) is 44.6 Å². The molecule has 6 heterocycles. The van der Waals surface area contributed by atoms with Gasteiger partial charge in [-0.05, 0) is 326 Å². The summed E-state index contributed by atoms with van der Waals surface area (Å²) in [6, 6.07) is 30.6. The van der Waals surface area contributed by atoms with Crippen molar-refractivity contribution >= 4 is 92.9 Å². The molecule has 8 aromatic rings. The maximum Gasteiger partial charge on any atom is 0.249 e. The zero-order valence-corrected chi connectivity index (χ0v) is 81.9. The minimum atomic E-state index is -0.501. The molecule has 4 aliphatic carbocycles. The number of carbonyl (C=O) groups is 4. The van der Waals surface area contributed by atoms with Gasteiger partial charge in [0.2, 0.25) is 29.5 Å². The Morgan fingerprint density at radius 3 is 0.992 bits per heavy atom. The number of methoxy groups -OCH3 is 5. The van der Waals surface area contributed by atoms with Gasteiger partial charge in [-0.1, -0.05) is 135 Å². The van der Waals surface area contributed by atoms with E-state index in [9.17, 15) is 24.3 Å². The number of hydrogen-bond acceptors (Lipinski definition) is 16. The highest BCUT2D eigenvalue weighted by Crippen LogP contribution is 2.54. The largest absolute Gasteiger partial charge is 0.508 e. The van der Waals surface area contributed by atoms with Crippen molar-refractivity contribution in [3.05, 3.63) is 186 Å². The van der Waals surface area contributed by atoms with E-state index in [-0.39, 0.29) is 78.7 Å². The highest BCUT2D eigenvalue weighted by atomic mass is 32.1. The Hall–Kier alpha value is -10.1. The number of ether oxygens (including phenoxy) is 5. The molecular weight excluding hydrogens is 1670 g/mol. The lowest BCUT2D eigenvalue weighted by atomic mass is 9.62. The molecule has 8 aliphatic rings. The van der Waals surface area contributed by atoms with E-state index >= 15 is 0 Å². The Morgan fingerprint density at radius 2 is 0.646 bits per heavy atom. The lowest BCUT2D eigenvalue weighted by molar-refractivity contribution is -0.120. The summed E-state index contributed by atoms with van der Waals surface area (Å²) < 4.78 is 28.4. The molecule has 4 amide bonds. The second-order valence-electron chi connectivity index (χ2n) is 41.1. The maximum absolute atomic E-state index is 12.3. The van der Waals surface area contributed by atoms with Crippen LogP contribution in [-0.4, -0.2) is 119 Å². The molecule has 4 aliphatic heterocycles. The Morgan fingerprint density at radius 1 is 0.339 bits per heavy atom. The first-order chi connectivity index (χ1) is 59.4. The molecule has 674 valence electrons. The summed E-state index contributed by atoms with van der Waals surface area (Å²) in [7, 11) is 8.26. The van der Waals surface area contributed by atoms with Gasteiger partial charge < -0.3 is 71.3 Å². The number of pyridine rings is 2. The molecule has 24 heteroatoms. The lowest BCUT2D eigenvalue weighted by Gasteiger charge is -2.42. The molecule has 0 radical (unpaired) electrons. The van der Waals surface area contributed by atoms with Crippen molar-refractivity contribution in [1.82, 2.24) is 52.5 Å². The third kappa shape index (κ3) is 19.5. The van der Waals surface area contributed by atoms with Crippen LogP contribution in [0.2, 0.25) is 0 Å². The summed E-state index contributed by atoms with van der Waals surface area (Å²) in [5, 5.41) is 34.7. The summed E-state index contributed by atoms with van der Waals surface area (Å²) in [6.07, 6.45) is 12.9. The number of aromatic nitrogens is 2. The van der Waals surface area contributed by atoms with Gasteiger partial charge in [0.25, 0.3) is 0 Å². The van der Waals surface area contributed by atoms with E-state index in [1.54, 1.807) is 47.8 Å². The Kier molecular flexibility index (Phi) is 26.6. The quantitative estimate of drug-likeness (QED) is 0.0384. The minimum absolute atomic E-state index is 0.0852. The van der Waals surface area contributed by atoms with Gasteiger partial charge in [-0.2, -0.15) is 0 Å². The Balaban J connectivity index is 0.000000145. The number of amides is 4. The minimum Gasteiger partial charge on any atom is -0.508 e. The smallest absolute Gasteiger partial charge is 0.249 e. The number of nitrogens with zero attached hydrogens (tertiary/aromatic N) is 2. The number of benzene rings is 6. The average Bonchev–Trinajstić information content (AvgIpc) is 1.41. The molecule has 0 saturated carbocycles. The summed E-state index contributed by atoms with van der Waals surface area (Å²) in [6.45, 7) is 45.9. The van der Waals surface area contributed by atoms with E-state index in [1.807, 2.05) is 24.3 Å². The molecule has 0 bridgehead atoms. The number of rotatable bonds is 17. The zero-order valence-electron chi connectivity index (χ0n) is 78.7. The number of phenolic OH excluding ortho intramolecular Hbond substituents is 1. The average molecular weight is 1790 g/mol. The highest BCUT2D eigenvalue weighted by Gasteiger charge is 2.44. The number of aromatic hydroxyl groups is 1. The summed E-state index contributed by atoms with van der Waals surface area (Å²) in [5.41, 5.74) is 28.7. The Bertz CT molecular complexity index is 5630. The summed E-state index contributed by atoms with van der Waals surface area (Å²) >= 11 is 20.3. The lowest BCUT2D eigenvalue weighted by Crippen LogP contribution is -2.34. The number of hydrogen-bond donors (Lipinski definition) is 9. The van der Waals surface area contributed by atoms with E-state index in [2.05, 4.69) is 247 Å².